The van der Waals surface area contributed by atoms with E-state index in [-0.39, 0.29) is 17.1 Å². The summed E-state index contributed by atoms with van der Waals surface area (Å²) in [7, 11) is 0. The average Bonchev–Trinajstić information content (AvgIpc) is 2.22. The molecule has 1 aromatic rings. The van der Waals surface area contributed by atoms with Crippen molar-refractivity contribution < 1.29 is 13.9 Å². The van der Waals surface area contributed by atoms with Crippen LogP contribution in [-0.4, -0.2) is 18.1 Å². The molecule has 1 aromatic carbocycles. The van der Waals surface area contributed by atoms with Crippen LogP contribution in [0.5, 0.6) is 0 Å². The summed E-state index contributed by atoms with van der Waals surface area (Å²) in [4.78, 5) is 11.5. The molecule has 5 heteroatoms. The Labute approximate surface area is 105 Å². The van der Waals surface area contributed by atoms with Crippen LogP contribution < -0.4 is 5.32 Å². The largest absolute Gasteiger partial charge is 0.461 e. The van der Waals surface area contributed by atoms with Gasteiger partial charge >= 0.3 is 5.97 Å². The Morgan fingerprint density at radius 2 is 2.06 bits per heavy atom. The molecule has 0 aromatic heterocycles. The molecule has 1 N–H and O–H groups in total. The van der Waals surface area contributed by atoms with Gasteiger partial charge in [-0.1, -0.05) is 11.6 Å². The summed E-state index contributed by atoms with van der Waals surface area (Å²) in [6.07, 6.45) is -0.163. The van der Waals surface area contributed by atoms with Gasteiger partial charge in [-0.2, -0.15) is 0 Å². The number of esters is 1. The summed E-state index contributed by atoms with van der Waals surface area (Å²) in [5.74, 6) is -0.852. The number of carbonyl (C=O) groups excluding carboxylic acids is 1. The van der Waals surface area contributed by atoms with Crippen LogP contribution >= 0.6 is 11.6 Å². The molecule has 94 valence electrons. The molecule has 0 heterocycles. The fourth-order valence-electron chi connectivity index (χ4n) is 1.23. The van der Waals surface area contributed by atoms with Gasteiger partial charge in [0.1, 0.15) is 11.9 Å². The number of halogens is 2. The topological polar surface area (TPSA) is 38.3 Å². The summed E-state index contributed by atoms with van der Waals surface area (Å²) >= 11 is 5.63. The fourth-order valence-corrected chi connectivity index (χ4v) is 1.41. The molecule has 0 fully saturated rings. The Morgan fingerprint density at radius 3 is 2.59 bits per heavy atom. The first-order chi connectivity index (χ1) is 7.90. The first-order valence-corrected chi connectivity index (χ1v) is 5.70. The number of carbonyl (C=O) groups is 1. The second kappa shape index (κ2) is 5.87. The Kier molecular flexibility index (Phi) is 4.75. The van der Waals surface area contributed by atoms with Gasteiger partial charge in [-0.05, 0) is 39.0 Å². The van der Waals surface area contributed by atoms with Gasteiger partial charge in [0, 0.05) is 5.69 Å². The molecule has 0 bridgehead atoms. The standard InChI is InChI=1S/C12H15ClFNO2/c1-7(2)17-12(16)8(3)15-9-4-5-11(14)10(13)6-9/h4-8,15H,1-3H3/t8-/m1/s1. The number of anilines is 1. The minimum absolute atomic E-state index is 0.0134. The van der Waals surface area contributed by atoms with Crippen molar-refractivity contribution in [2.75, 3.05) is 5.32 Å². The van der Waals surface area contributed by atoms with Crippen molar-refractivity contribution in [3.63, 3.8) is 0 Å². The van der Waals surface area contributed by atoms with Gasteiger partial charge in [0.05, 0.1) is 11.1 Å². The Balaban J connectivity index is 2.64. The van der Waals surface area contributed by atoms with Crippen LogP contribution in [0.4, 0.5) is 10.1 Å². The molecule has 17 heavy (non-hydrogen) atoms. The molecule has 0 aliphatic carbocycles. The predicted octanol–water partition coefficient (Wildman–Crippen LogP) is 3.23. The van der Waals surface area contributed by atoms with E-state index in [0.717, 1.165) is 0 Å². The number of hydrogen-bond donors (Lipinski definition) is 1. The summed E-state index contributed by atoms with van der Waals surface area (Å²) in [5.41, 5.74) is 0.574. The van der Waals surface area contributed by atoms with E-state index in [1.54, 1.807) is 20.8 Å². The molecule has 0 spiro atoms. The van der Waals surface area contributed by atoms with E-state index in [2.05, 4.69) is 5.32 Å². The highest BCUT2D eigenvalue weighted by atomic mass is 35.5. The normalized spacial score (nSPS) is 12.4. The second-order valence-electron chi connectivity index (χ2n) is 3.98. The third-order valence-electron chi connectivity index (χ3n) is 2.01. The summed E-state index contributed by atoms with van der Waals surface area (Å²) in [6, 6.07) is 3.67. The van der Waals surface area contributed by atoms with Crippen LogP contribution in [0.3, 0.4) is 0 Å². The first-order valence-electron chi connectivity index (χ1n) is 5.32. The number of hydrogen-bond acceptors (Lipinski definition) is 3. The minimum Gasteiger partial charge on any atom is -0.461 e. The number of nitrogens with one attached hydrogen (secondary N) is 1. The summed E-state index contributed by atoms with van der Waals surface area (Å²) < 4.78 is 17.9. The van der Waals surface area contributed by atoms with E-state index < -0.39 is 11.9 Å². The lowest BCUT2D eigenvalue weighted by Gasteiger charge is -2.16. The fraction of sp³-hybridized carbons (Fsp3) is 0.417. The highest BCUT2D eigenvalue weighted by Crippen LogP contribution is 2.20. The van der Waals surface area contributed by atoms with E-state index in [9.17, 15) is 9.18 Å². The van der Waals surface area contributed by atoms with Crippen molar-refractivity contribution in [2.45, 2.75) is 32.9 Å². The second-order valence-corrected chi connectivity index (χ2v) is 4.39. The van der Waals surface area contributed by atoms with E-state index in [0.29, 0.717) is 5.69 Å². The van der Waals surface area contributed by atoms with Crippen LogP contribution in [-0.2, 0) is 9.53 Å². The third kappa shape index (κ3) is 4.23. The van der Waals surface area contributed by atoms with E-state index in [1.807, 2.05) is 0 Å². The summed E-state index contributed by atoms with van der Waals surface area (Å²) in [6.45, 7) is 5.22. The van der Waals surface area contributed by atoms with Crippen LogP contribution in [0.2, 0.25) is 5.02 Å². The molecule has 0 saturated heterocycles. The van der Waals surface area contributed by atoms with Crippen LogP contribution in [0.25, 0.3) is 0 Å². The lowest BCUT2D eigenvalue weighted by atomic mass is 10.2. The highest BCUT2D eigenvalue weighted by Gasteiger charge is 2.15. The van der Waals surface area contributed by atoms with Gasteiger partial charge in [0.25, 0.3) is 0 Å². The quantitative estimate of drug-likeness (QED) is 0.844. The molecule has 1 rings (SSSR count). The van der Waals surface area contributed by atoms with Crippen molar-refractivity contribution >= 4 is 23.3 Å². The van der Waals surface area contributed by atoms with Gasteiger partial charge in [-0.25, -0.2) is 9.18 Å². The molecule has 0 aliphatic rings. The average molecular weight is 260 g/mol. The first kappa shape index (κ1) is 13.8. The SMILES string of the molecule is CC(C)OC(=O)[C@@H](C)Nc1ccc(F)c(Cl)c1. The maximum Gasteiger partial charge on any atom is 0.328 e. The van der Waals surface area contributed by atoms with E-state index in [1.165, 1.54) is 18.2 Å². The number of rotatable bonds is 4. The van der Waals surface area contributed by atoms with Gasteiger partial charge in [-0.15, -0.1) is 0 Å². The zero-order valence-corrected chi connectivity index (χ0v) is 10.7. The third-order valence-corrected chi connectivity index (χ3v) is 2.30. The minimum atomic E-state index is -0.515. The molecule has 0 saturated carbocycles. The monoisotopic (exact) mass is 259 g/mol. The van der Waals surface area contributed by atoms with Gasteiger partial charge < -0.3 is 10.1 Å². The zero-order valence-electron chi connectivity index (χ0n) is 9.96. The van der Waals surface area contributed by atoms with Crippen LogP contribution in [0.1, 0.15) is 20.8 Å². The maximum atomic E-state index is 12.9. The molecule has 0 amide bonds. The van der Waals surface area contributed by atoms with Gasteiger partial charge in [-0.3, -0.25) is 0 Å². The van der Waals surface area contributed by atoms with Crippen molar-refractivity contribution in [3.05, 3.63) is 29.0 Å². The molecule has 1 atom stereocenters. The summed E-state index contributed by atoms with van der Waals surface area (Å²) in [5, 5.41) is 2.90. The van der Waals surface area contributed by atoms with E-state index >= 15 is 0 Å². The molecule has 0 unspecified atom stereocenters. The molecule has 0 aliphatic heterocycles. The van der Waals surface area contributed by atoms with Crippen molar-refractivity contribution in [1.82, 2.24) is 0 Å². The molecule has 3 nitrogen and oxygen atoms in total. The lowest BCUT2D eigenvalue weighted by molar-refractivity contribution is -0.147. The Hall–Kier alpha value is -1.29. The highest BCUT2D eigenvalue weighted by molar-refractivity contribution is 6.31. The molecule has 0 radical (unpaired) electrons. The maximum absolute atomic E-state index is 12.9. The number of benzene rings is 1. The Bertz CT molecular complexity index is 409. The lowest BCUT2D eigenvalue weighted by Crippen LogP contribution is -2.30. The van der Waals surface area contributed by atoms with Crippen LogP contribution in [0, 0.1) is 5.82 Å². The van der Waals surface area contributed by atoms with E-state index in [4.69, 9.17) is 16.3 Å². The molecular weight excluding hydrogens is 245 g/mol. The van der Waals surface area contributed by atoms with Crippen molar-refractivity contribution in [3.8, 4) is 0 Å². The smallest absolute Gasteiger partial charge is 0.328 e. The predicted molar refractivity (Wildman–Crippen MR) is 65.7 cm³/mol. The van der Waals surface area contributed by atoms with Crippen molar-refractivity contribution in [1.29, 1.82) is 0 Å². The van der Waals surface area contributed by atoms with Crippen LogP contribution in [0.15, 0.2) is 18.2 Å². The molecular formula is C12H15ClFNO2. The van der Waals surface area contributed by atoms with Gasteiger partial charge in [0.15, 0.2) is 0 Å². The van der Waals surface area contributed by atoms with Gasteiger partial charge in [0.2, 0.25) is 0 Å². The van der Waals surface area contributed by atoms with Crippen molar-refractivity contribution in [2.24, 2.45) is 0 Å². The number of ether oxygens (including phenoxy) is 1. The Morgan fingerprint density at radius 1 is 1.41 bits per heavy atom. The zero-order chi connectivity index (χ0) is 13.0.